The Hall–Kier alpha value is -2.95. The van der Waals surface area contributed by atoms with Gasteiger partial charge in [-0.3, -0.25) is 4.79 Å². The number of carbonyl (C=O) groups excluding carboxylic acids is 1. The maximum atomic E-state index is 12.9. The molecular formula is C20H17FO4. The number of esters is 1. The molecule has 4 nitrogen and oxygen atoms in total. The SMILES string of the molecule is Cc1cc2oc(=O)cc(COC(=O)Cc3ccc(F)cc3)c2cc1C. The Labute approximate surface area is 143 Å². The molecular weight excluding hydrogens is 323 g/mol. The van der Waals surface area contributed by atoms with E-state index in [4.69, 9.17) is 9.15 Å². The molecule has 5 heteroatoms. The molecule has 0 saturated carbocycles. The molecule has 25 heavy (non-hydrogen) atoms. The van der Waals surface area contributed by atoms with Crippen molar-refractivity contribution >= 4 is 16.9 Å². The molecule has 0 unspecified atom stereocenters. The lowest BCUT2D eigenvalue weighted by Gasteiger charge is -2.09. The number of hydrogen-bond donors (Lipinski definition) is 0. The number of ether oxygens (including phenoxy) is 1. The fourth-order valence-electron chi connectivity index (χ4n) is 2.58. The zero-order chi connectivity index (χ0) is 18.0. The lowest BCUT2D eigenvalue weighted by Crippen LogP contribution is -2.10. The summed E-state index contributed by atoms with van der Waals surface area (Å²) >= 11 is 0. The number of fused-ring (bicyclic) bond motifs is 1. The number of benzene rings is 2. The van der Waals surface area contributed by atoms with Crippen LogP contribution in [0.15, 0.2) is 51.7 Å². The molecule has 0 aliphatic heterocycles. The molecule has 128 valence electrons. The van der Waals surface area contributed by atoms with Crippen molar-refractivity contribution in [2.75, 3.05) is 0 Å². The molecule has 0 atom stereocenters. The summed E-state index contributed by atoms with van der Waals surface area (Å²) in [5.41, 5.74) is 3.32. The van der Waals surface area contributed by atoms with Gasteiger partial charge in [-0.1, -0.05) is 12.1 Å². The van der Waals surface area contributed by atoms with E-state index in [0.717, 1.165) is 16.5 Å². The van der Waals surface area contributed by atoms with Gasteiger partial charge in [-0.15, -0.1) is 0 Å². The number of halogens is 1. The Kier molecular flexibility index (Phi) is 4.65. The van der Waals surface area contributed by atoms with Crippen molar-refractivity contribution < 1.29 is 18.3 Å². The average molecular weight is 340 g/mol. The second-order valence-electron chi connectivity index (χ2n) is 5.99. The molecule has 0 radical (unpaired) electrons. The number of aryl methyl sites for hydroxylation is 2. The minimum absolute atomic E-state index is 0.0232. The Bertz CT molecular complexity index is 987. The Morgan fingerprint density at radius 2 is 1.76 bits per heavy atom. The molecule has 2 aromatic carbocycles. The van der Waals surface area contributed by atoms with Gasteiger partial charge in [0, 0.05) is 17.0 Å². The van der Waals surface area contributed by atoms with Crippen molar-refractivity contribution in [3.05, 3.63) is 81.0 Å². The zero-order valence-electron chi connectivity index (χ0n) is 14.0. The van der Waals surface area contributed by atoms with Gasteiger partial charge in [-0.2, -0.15) is 0 Å². The van der Waals surface area contributed by atoms with Crippen LogP contribution in [-0.4, -0.2) is 5.97 Å². The first kappa shape index (κ1) is 16.9. The molecule has 1 aromatic heterocycles. The van der Waals surface area contributed by atoms with Gasteiger partial charge in [0.05, 0.1) is 6.42 Å². The molecule has 0 aliphatic rings. The second kappa shape index (κ2) is 6.89. The lowest BCUT2D eigenvalue weighted by molar-refractivity contribution is -0.144. The molecule has 0 aliphatic carbocycles. The van der Waals surface area contributed by atoms with E-state index in [1.807, 2.05) is 19.9 Å². The van der Waals surface area contributed by atoms with Crippen LogP contribution in [0.5, 0.6) is 0 Å². The third-order valence-electron chi connectivity index (χ3n) is 4.09. The number of carbonyl (C=O) groups is 1. The first-order chi connectivity index (χ1) is 11.9. The van der Waals surface area contributed by atoms with Crippen LogP contribution in [0.3, 0.4) is 0 Å². The van der Waals surface area contributed by atoms with Crippen molar-refractivity contribution in [2.24, 2.45) is 0 Å². The first-order valence-electron chi connectivity index (χ1n) is 7.86. The van der Waals surface area contributed by atoms with Gasteiger partial charge in [-0.05, 0) is 54.8 Å². The second-order valence-corrected chi connectivity index (χ2v) is 5.99. The summed E-state index contributed by atoms with van der Waals surface area (Å²) in [5.74, 6) is -0.804. The van der Waals surface area contributed by atoms with Crippen molar-refractivity contribution in [2.45, 2.75) is 26.9 Å². The van der Waals surface area contributed by atoms with E-state index in [9.17, 15) is 14.0 Å². The summed E-state index contributed by atoms with van der Waals surface area (Å²) in [5, 5.41) is 0.747. The smallest absolute Gasteiger partial charge is 0.336 e. The van der Waals surface area contributed by atoms with E-state index in [1.165, 1.54) is 30.3 Å². The highest BCUT2D eigenvalue weighted by Crippen LogP contribution is 2.22. The number of hydrogen-bond acceptors (Lipinski definition) is 4. The number of rotatable bonds is 4. The Morgan fingerprint density at radius 1 is 1.08 bits per heavy atom. The predicted molar refractivity (Wildman–Crippen MR) is 91.9 cm³/mol. The van der Waals surface area contributed by atoms with Gasteiger partial charge in [0.25, 0.3) is 0 Å². The van der Waals surface area contributed by atoms with Crippen LogP contribution in [0.2, 0.25) is 0 Å². The minimum atomic E-state index is -0.486. The Balaban J connectivity index is 1.78. The van der Waals surface area contributed by atoms with Crippen LogP contribution in [0.4, 0.5) is 4.39 Å². The van der Waals surface area contributed by atoms with Crippen LogP contribution in [0, 0.1) is 19.7 Å². The monoisotopic (exact) mass is 340 g/mol. The summed E-state index contributed by atoms with van der Waals surface area (Å²) in [4.78, 5) is 23.7. The van der Waals surface area contributed by atoms with Gasteiger partial charge in [-0.25, -0.2) is 9.18 Å². The van der Waals surface area contributed by atoms with E-state index in [-0.39, 0.29) is 18.8 Å². The molecule has 0 amide bonds. The molecule has 0 bridgehead atoms. The maximum absolute atomic E-state index is 12.9. The standard InChI is InChI=1S/C20H17FO4/c1-12-7-17-15(10-20(23)25-18(17)8-13(12)2)11-24-19(22)9-14-3-5-16(21)6-4-14/h3-8,10H,9,11H2,1-2H3. The molecule has 0 N–H and O–H groups in total. The van der Waals surface area contributed by atoms with Crippen molar-refractivity contribution in [1.29, 1.82) is 0 Å². The topological polar surface area (TPSA) is 56.5 Å². The molecule has 3 aromatic rings. The van der Waals surface area contributed by atoms with Crippen molar-refractivity contribution in [3.63, 3.8) is 0 Å². The predicted octanol–water partition coefficient (Wildman–Crippen LogP) is 3.83. The summed E-state index contributed by atoms with van der Waals surface area (Å²) in [6.45, 7) is 3.87. The van der Waals surface area contributed by atoms with Crippen LogP contribution < -0.4 is 5.63 Å². The highest BCUT2D eigenvalue weighted by atomic mass is 19.1. The van der Waals surface area contributed by atoms with Crippen LogP contribution >= 0.6 is 0 Å². The van der Waals surface area contributed by atoms with Gasteiger partial charge in [0.15, 0.2) is 0 Å². The fourth-order valence-corrected chi connectivity index (χ4v) is 2.58. The largest absolute Gasteiger partial charge is 0.461 e. The Morgan fingerprint density at radius 3 is 2.48 bits per heavy atom. The van der Waals surface area contributed by atoms with Crippen LogP contribution in [0.25, 0.3) is 11.0 Å². The van der Waals surface area contributed by atoms with E-state index >= 15 is 0 Å². The highest BCUT2D eigenvalue weighted by Gasteiger charge is 2.11. The van der Waals surface area contributed by atoms with Gasteiger partial charge in [0.1, 0.15) is 18.0 Å². The third-order valence-corrected chi connectivity index (χ3v) is 4.09. The van der Waals surface area contributed by atoms with Gasteiger partial charge >= 0.3 is 11.6 Å². The maximum Gasteiger partial charge on any atom is 0.336 e. The van der Waals surface area contributed by atoms with E-state index in [2.05, 4.69) is 0 Å². The normalized spacial score (nSPS) is 10.8. The molecule has 1 heterocycles. The summed E-state index contributed by atoms with van der Waals surface area (Å²) in [6, 6.07) is 10.7. The molecule has 0 fully saturated rings. The average Bonchev–Trinajstić information content (AvgIpc) is 2.56. The summed E-state index contributed by atoms with van der Waals surface area (Å²) in [6.07, 6.45) is 0.0395. The molecule has 0 saturated heterocycles. The minimum Gasteiger partial charge on any atom is -0.461 e. The highest BCUT2D eigenvalue weighted by molar-refractivity contribution is 5.82. The van der Waals surface area contributed by atoms with Gasteiger partial charge < -0.3 is 9.15 Å². The van der Waals surface area contributed by atoms with Crippen molar-refractivity contribution in [1.82, 2.24) is 0 Å². The molecule has 3 rings (SSSR count). The third kappa shape index (κ3) is 3.94. The quantitative estimate of drug-likeness (QED) is 0.535. The van der Waals surface area contributed by atoms with E-state index in [0.29, 0.717) is 16.7 Å². The van der Waals surface area contributed by atoms with Crippen LogP contribution in [0.1, 0.15) is 22.3 Å². The zero-order valence-corrected chi connectivity index (χ0v) is 14.0. The summed E-state index contributed by atoms with van der Waals surface area (Å²) in [7, 11) is 0. The van der Waals surface area contributed by atoms with Gasteiger partial charge in [0.2, 0.25) is 0 Å². The lowest BCUT2D eigenvalue weighted by atomic mass is 10.0. The van der Waals surface area contributed by atoms with Crippen LogP contribution in [-0.2, 0) is 22.6 Å². The molecule has 0 spiro atoms. The van der Waals surface area contributed by atoms with E-state index in [1.54, 1.807) is 6.07 Å². The van der Waals surface area contributed by atoms with Crippen molar-refractivity contribution in [3.8, 4) is 0 Å². The van der Waals surface area contributed by atoms with E-state index < -0.39 is 11.6 Å². The first-order valence-corrected chi connectivity index (χ1v) is 7.86. The summed E-state index contributed by atoms with van der Waals surface area (Å²) < 4.78 is 23.4. The fraction of sp³-hybridized carbons (Fsp3) is 0.200.